The van der Waals surface area contributed by atoms with Gasteiger partial charge in [0.25, 0.3) is 5.91 Å². The van der Waals surface area contributed by atoms with Crippen LogP contribution in [0.15, 0.2) is 78.9 Å². The van der Waals surface area contributed by atoms with E-state index in [1.54, 1.807) is 48.9 Å². The van der Waals surface area contributed by atoms with Gasteiger partial charge < -0.3 is 21.3 Å². The first kappa shape index (κ1) is 28.1. The third-order valence-electron chi connectivity index (χ3n) is 5.60. The van der Waals surface area contributed by atoms with Crippen molar-refractivity contribution in [2.24, 2.45) is 0 Å². The smallest absolute Gasteiger partial charge is 0.251 e. The normalized spacial score (nSPS) is 11.0. The molecule has 0 saturated carbocycles. The highest BCUT2D eigenvalue weighted by atomic mass is 16.5. The zero-order valence-corrected chi connectivity index (χ0v) is 21.1. The summed E-state index contributed by atoms with van der Waals surface area (Å²) in [6.07, 6.45) is 0.0289. The molecule has 0 fully saturated rings. The van der Waals surface area contributed by atoms with Gasteiger partial charge >= 0.3 is 0 Å². The molecule has 9 heteroatoms. The van der Waals surface area contributed by atoms with Crippen molar-refractivity contribution in [2.75, 3.05) is 25.5 Å². The van der Waals surface area contributed by atoms with Crippen molar-refractivity contribution in [1.82, 2.24) is 21.4 Å². The summed E-state index contributed by atoms with van der Waals surface area (Å²) in [5, 5.41) is 20.3. The van der Waals surface area contributed by atoms with Gasteiger partial charge in [-0.15, -0.1) is 0 Å². The molecule has 0 heterocycles. The van der Waals surface area contributed by atoms with Crippen molar-refractivity contribution in [3.63, 3.8) is 0 Å². The number of hydrogen-bond donors (Lipinski definition) is 6. The topological polar surface area (TPSA) is 132 Å². The van der Waals surface area contributed by atoms with Crippen LogP contribution >= 0.6 is 0 Å². The highest BCUT2D eigenvalue weighted by Crippen LogP contribution is 2.09. The fourth-order valence-corrected chi connectivity index (χ4v) is 3.47. The molecule has 0 saturated heterocycles. The van der Waals surface area contributed by atoms with Crippen molar-refractivity contribution in [3.8, 4) is 11.8 Å². The second-order valence-corrected chi connectivity index (χ2v) is 8.48. The molecular weight excluding hydrogens is 482 g/mol. The SMILES string of the molecule is CNC(CNC(=O)c1ccc(C#Cc2ccc(NC(=O)CNCc3ccccc3)cc2)cc1)CC(=O)NO. The number of carbonyl (C=O) groups is 3. The van der Waals surface area contributed by atoms with Gasteiger partial charge in [-0.2, -0.15) is 0 Å². The Morgan fingerprint density at radius 2 is 1.47 bits per heavy atom. The third kappa shape index (κ3) is 9.52. The standard InChI is InChI=1S/C29H31N5O4/c1-30-26(17-27(35)34-38)19-32-29(37)24-13-9-21(10-14-24)7-8-22-11-15-25(16-12-22)33-28(36)20-31-18-23-5-3-2-4-6-23/h2-6,9-16,26,30-31,38H,17-20H2,1H3,(H,32,37)(H,33,36)(H,34,35). The summed E-state index contributed by atoms with van der Waals surface area (Å²) in [4.78, 5) is 35.8. The summed E-state index contributed by atoms with van der Waals surface area (Å²) in [5.74, 6) is 5.20. The summed E-state index contributed by atoms with van der Waals surface area (Å²) >= 11 is 0. The molecule has 0 spiro atoms. The molecule has 0 aliphatic rings. The predicted molar refractivity (Wildman–Crippen MR) is 145 cm³/mol. The van der Waals surface area contributed by atoms with Gasteiger partial charge in [-0.05, 0) is 61.1 Å². The van der Waals surface area contributed by atoms with E-state index in [0.29, 0.717) is 17.8 Å². The van der Waals surface area contributed by atoms with Crippen LogP contribution < -0.4 is 26.7 Å². The van der Waals surface area contributed by atoms with Crippen molar-refractivity contribution < 1.29 is 19.6 Å². The van der Waals surface area contributed by atoms with E-state index in [1.807, 2.05) is 42.5 Å². The summed E-state index contributed by atoms with van der Waals surface area (Å²) in [6, 6.07) is 23.7. The van der Waals surface area contributed by atoms with Crippen LogP contribution in [0.2, 0.25) is 0 Å². The zero-order chi connectivity index (χ0) is 27.2. The molecular formula is C29H31N5O4. The van der Waals surface area contributed by atoms with Gasteiger partial charge in [-0.1, -0.05) is 42.2 Å². The zero-order valence-electron chi connectivity index (χ0n) is 21.1. The molecule has 0 bridgehead atoms. The lowest BCUT2D eigenvalue weighted by Gasteiger charge is -2.15. The van der Waals surface area contributed by atoms with E-state index in [-0.39, 0.29) is 37.4 Å². The fourth-order valence-electron chi connectivity index (χ4n) is 3.47. The maximum Gasteiger partial charge on any atom is 0.251 e. The second-order valence-electron chi connectivity index (χ2n) is 8.48. The lowest BCUT2D eigenvalue weighted by molar-refractivity contribution is -0.129. The monoisotopic (exact) mass is 513 g/mol. The van der Waals surface area contributed by atoms with Crippen molar-refractivity contribution in [3.05, 3.63) is 101 Å². The van der Waals surface area contributed by atoms with Crippen LogP contribution in [0.1, 0.15) is 33.5 Å². The largest absolute Gasteiger partial charge is 0.350 e. The Kier molecular flexibility index (Phi) is 11.0. The first-order chi connectivity index (χ1) is 18.5. The first-order valence-electron chi connectivity index (χ1n) is 12.1. The van der Waals surface area contributed by atoms with Gasteiger partial charge in [0.1, 0.15) is 0 Å². The molecule has 3 aromatic carbocycles. The Bertz CT molecular complexity index is 1270. The molecule has 6 N–H and O–H groups in total. The Labute approximate surface area is 222 Å². The van der Waals surface area contributed by atoms with Gasteiger partial charge in [0.05, 0.1) is 6.54 Å². The minimum Gasteiger partial charge on any atom is -0.350 e. The van der Waals surface area contributed by atoms with Gasteiger partial charge in [-0.3, -0.25) is 19.6 Å². The van der Waals surface area contributed by atoms with Crippen LogP contribution in [0.3, 0.4) is 0 Å². The minimum atomic E-state index is -0.534. The summed E-state index contributed by atoms with van der Waals surface area (Å²) in [6.45, 7) is 1.06. The second kappa shape index (κ2) is 14.9. The van der Waals surface area contributed by atoms with E-state index in [1.165, 1.54) is 0 Å². The average Bonchev–Trinajstić information content (AvgIpc) is 2.95. The molecule has 9 nitrogen and oxygen atoms in total. The van der Waals surface area contributed by atoms with Crippen LogP contribution in [0.25, 0.3) is 0 Å². The Balaban J connectivity index is 1.45. The number of hydroxylamine groups is 1. The molecule has 0 radical (unpaired) electrons. The molecule has 0 aromatic heterocycles. The van der Waals surface area contributed by atoms with Crippen molar-refractivity contribution in [2.45, 2.75) is 19.0 Å². The van der Waals surface area contributed by atoms with E-state index in [2.05, 4.69) is 33.1 Å². The average molecular weight is 514 g/mol. The number of likely N-dealkylation sites (N-methyl/N-ethyl adjacent to an activating group) is 1. The number of rotatable bonds is 11. The number of nitrogens with one attached hydrogen (secondary N) is 5. The first-order valence-corrected chi connectivity index (χ1v) is 12.1. The molecule has 3 amide bonds. The minimum absolute atomic E-state index is 0.0289. The Morgan fingerprint density at radius 3 is 2.08 bits per heavy atom. The van der Waals surface area contributed by atoms with Crippen molar-refractivity contribution in [1.29, 1.82) is 0 Å². The van der Waals surface area contributed by atoms with Crippen LogP contribution in [0, 0.1) is 11.8 Å². The van der Waals surface area contributed by atoms with Gasteiger partial charge in [0.2, 0.25) is 11.8 Å². The quantitative estimate of drug-likeness (QED) is 0.132. The number of hydrogen-bond acceptors (Lipinski definition) is 6. The van der Waals surface area contributed by atoms with Crippen LogP contribution in [-0.2, 0) is 16.1 Å². The maximum atomic E-state index is 12.4. The lowest BCUT2D eigenvalue weighted by atomic mass is 10.1. The molecule has 0 aliphatic heterocycles. The Hall–Kier alpha value is -4.49. The molecule has 38 heavy (non-hydrogen) atoms. The molecule has 1 unspecified atom stereocenters. The summed E-state index contributed by atoms with van der Waals surface area (Å²) in [5.41, 5.74) is 5.39. The number of anilines is 1. The lowest BCUT2D eigenvalue weighted by Crippen LogP contribution is -2.42. The van der Waals surface area contributed by atoms with E-state index < -0.39 is 5.91 Å². The van der Waals surface area contributed by atoms with E-state index in [0.717, 1.165) is 16.7 Å². The highest BCUT2D eigenvalue weighted by molar-refractivity contribution is 5.94. The van der Waals surface area contributed by atoms with Gasteiger partial charge in [-0.25, -0.2) is 5.48 Å². The van der Waals surface area contributed by atoms with Crippen LogP contribution in [0.4, 0.5) is 5.69 Å². The number of amides is 3. The summed E-state index contributed by atoms with van der Waals surface area (Å²) < 4.78 is 0. The predicted octanol–water partition coefficient (Wildman–Crippen LogP) is 2.03. The molecule has 3 rings (SSSR count). The van der Waals surface area contributed by atoms with E-state index in [9.17, 15) is 14.4 Å². The molecule has 0 aliphatic carbocycles. The summed E-state index contributed by atoms with van der Waals surface area (Å²) in [7, 11) is 1.67. The van der Waals surface area contributed by atoms with Gasteiger partial charge in [0.15, 0.2) is 0 Å². The van der Waals surface area contributed by atoms with E-state index >= 15 is 0 Å². The molecule has 196 valence electrons. The number of benzene rings is 3. The molecule has 3 aromatic rings. The maximum absolute atomic E-state index is 12.4. The van der Waals surface area contributed by atoms with Crippen molar-refractivity contribution >= 4 is 23.4 Å². The van der Waals surface area contributed by atoms with Crippen LogP contribution in [0.5, 0.6) is 0 Å². The van der Waals surface area contributed by atoms with Crippen LogP contribution in [-0.4, -0.2) is 49.1 Å². The molecule has 1 atom stereocenters. The third-order valence-corrected chi connectivity index (χ3v) is 5.60. The number of carbonyl (C=O) groups excluding carboxylic acids is 3. The highest BCUT2D eigenvalue weighted by Gasteiger charge is 2.13. The van der Waals surface area contributed by atoms with Gasteiger partial charge in [0, 0.05) is 47.9 Å². The Morgan fingerprint density at radius 1 is 0.842 bits per heavy atom. The van der Waals surface area contributed by atoms with E-state index in [4.69, 9.17) is 5.21 Å². The fraction of sp³-hybridized carbons (Fsp3) is 0.207.